The van der Waals surface area contributed by atoms with Crippen LogP contribution in [0.5, 0.6) is 17.2 Å². The normalized spacial score (nSPS) is 14.1. The number of rotatable bonds is 4. The van der Waals surface area contributed by atoms with Crippen LogP contribution < -0.4 is 25.1 Å². The van der Waals surface area contributed by atoms with Crippen molar-refractivity contribution < 1.29 is 19.0 Å². The molecule has 7 nitrogen and oxygen atoms in total. The van der Waals surface area contributed by atoms with Crippen molar-refractivity contribution in [2.24, 2.45) is 4.99 Å². The molecule has 0 bridgehead atoms. The molecule has 1 amide bonds. The van der Waals surface area contributed by atoms with E-state index in [0.29, 0.717) is 28.6 Å². The van der Waals surface area contributed by atoms with Crippen LogP contribution in [0.2, 0.25) is 0 Å². The molecule has 7 heteroatoms. The lowest BCUT2D eigenvalue weighted by Crippen LogP contribution is -2.47. The number of carbonyl (C=O) groups is 1. The third kappa shape index (κ3) is 2.54. The van der Waals surface area contributed by atoms with Crippen LogP contribution in [0.3, 0.4) is 0 Å². The molecule has 1 heterocycles. The molecule has 0 atom stereocenters. The summed E-state index contributed by atoms with van der Waals surface area (Å²) < 4.78 is 15.7. The maximum Gasteiger partial charge on any atom is 0.260 e. The molecule has 1 aliphatic heterocycles. The monoisotopic (exact) mass is 265 g/mol. The molecule has 0 saturated heterocycles. The summed E-state index contributed by atoms with van der Waals surface area (Å²) in [5, 5.41) is 0. The van der Waals surface area contributed by atoms with E-state index in [4.69, 9.17) is 14.2 Å². The summed E-state index contributed by atoms with van der Waals surface area (Å²) in [6, 6.07) is 3.44. The van der Waals surface area contributed by atoms with E-state index in [-0.39, 0.29) is 12.5 Å². The van der Waals surface area contributed by atoms with E-state index in [9.17, 15) is 4.79 Å². The Balaban J connectivity index is 2.46. The summed E-state index contributed by atoms with van der Waals surface area (Å²) in [5.74, 6) is 2.00. The molecule has 0 spiro atoms. The molecule has 0 saturated carbocycles. The van der Waals surface area contributed by atoms with E-state index in [1.165, 1.54) is 0 Å². The lowest BCUT2D eigenvalue weighted by molar-refractivity contribution is -0.120. The first kappa shape index (κ1) is 13.0. The van der Waals surface area contributed by atoms with Gasteiger partial charge >= 0.3 is 0 Å². The second kappa shape index (κ2) is 5.47. The van der Waals surface area contributed by atoms with Crippen molar-refractivity contribution in [1.29, 1.82) is 0 Å². The zero-order valence-electron chi connectivity index (χ0n) is 10.9. The van der Waals surface area contributed by atoms with Crippen molar-refractivity contribution in [2.75, 3.05) is 27.9 Å². The predicted molar refractivity (Wildman–Crippen MR) is 68.8 cm³/mol. The number of methoxy groups -OCH3 is 3. The van der Waals surface area contributed by atoms with Gasteiger partial charge in [-0.1, -0.05) is 0 Å². The second-order valence-corrected chi connectivity index (χ2v) is 3.75. The van der Waals surface area contributed by atoms with E-state index in [0.717, 1.165) is 0 Å². The van der Waals surface area contributed by atoms with Crippen molar-refractivity contribution in [3.05, 3.63) is 17.7 Å². The van der Waals surface area contributed by atoms with E-state index >= 15 is 0 Å². The fourth-order valence-corrected chi connectivity index (χ4v) is 1.73. The molecule has 102 valence electrons. The first-order valence-corrected chi connectivity index (χ1v) is 5.59. The van der Waals surface area contributed by atoms with Crippen molar-refractivity contribution in [3.8, 4) is 17.2 Å². The van der Waals surface area contributed by atoms with Gasteiger partial charge < -0.3 is 14.2 Å². The van der Waals surface area contributed by atoms with Crippen LogP contribution in [0.4, 0.5) is 0 Å². The lowest BCUT2D eigenvalue weighted by Gasteiger charge is -2.19. The summed E-state index contributed by atoms with van der Waals surface area (Å²) in [4.78, 5) is 15.2. The highest BCUT2D eigenvalue weighted by Crippen LogP contribution is 2.34. The average Bonchev–Trinajstić information content (AvgIpc) is 2.46. The predicted octanol–water partition coefficient (Wildman–Crippen LogP) is 0.0934. The van der Waals surface area contributed by atoms with Gasteiger partial charge in [-0.3, -0.25) is 20.6 Å². The standard InChI is InChI=1S/C12H15N3O4/c1-17-8-5-10(19-3)9(18-2)4-7(8)12-13-6-11(16)14-15-12/h4-5H,6H2,1-3H3,(H,13,15)(H,14,16). The van der Waals surface area contributed by atoms with Crippen LogP contribution >= 0.6 is 0 Å². The van der Waals surface area contributed by atoms with Crippen LogP contribution in [-0.4, -0.2) is 39.6 Å². The number of hydrogen-bond donors (Lipinski definition) is 2. The molecule has 1 aromatic carbocycles. The van der Waals surface area contributed by atoms with E-state index < -0.39 is 0 Å². The van der Waals surface area contributed by atoms with Gasteiger partial charge in [0, 0.05) is 6.07 Å². The molecule has 2 N–H and O–H groups in total. The zero-order chi connectivity index (χ0) is 13.8. The Hall–Kier alpha value is -2.44. The SMILES string of the molecule is COc1cc(OC)c(C2=NCC(=O)NN2)cc1OC. The minimum atomic E-state index is -0.191. The molecule has 19 heavy (non-hydrogen) atoms. The van der Waals surface area contributed by atoms with Crippen LogP contribution in [0.15, 0.2) is 17.1 Å². The first-order chi connectivity index (χ1) is 9.19. The van der Waals surface area contributed by atoms with Gasteiger partial charge in [0.1, 0.15) is 12.3 Å². The topological polar surface area (TPSA) is 81.2 Å². The van der Waals surface area contributed by atoms with Gasteiger partial charge in [0.15, 0.2) is 17.3 Å². The highest BCUT2D eigenvalue weighted by molar-refractivity contribution is 6.05. The average molecular weight is 265 g/mol. The third-order valence-electron chi connectivity index (χ3n) is 2.66. The Morgan fingerprint density at radius 3 is 2.16 bits per heavy atom. The Labute approximate surface area is 110 Å². The summed E-state index contributed by atoms with van der Waals surface area (Å²) in [5.41, 5.74) is 5.90. The van der Waals surface area contributed by atoms with Crippen molar-refractivity contribution in [3.63, 3.8) is 0 Å². The largest absolute Gasteiger partial charge is 0.496 e. The Kier molecular flexibility index (Phi) is 3.74. The molecule has 0 aromatic heterocycles. The van der Waals surface area contributed by atoms with Gasteiger partial charge in [-0.2, -0.15) is 0 Å². The number of carbonyl (C=O) groups excluding carboxylic acids is 1. The molecule has 0 aliphatic carbocycles. The summed E-state index contributed by atoms with van der Waals surface area (Å²) in [7, 11) is 4.65. The van der Waals surface area contributed by atoms with Crippen LogP contribution in [0.25, 0.3) is 0 Å². The highest BCUT2D eigenvalue weighted by atomic mass is 16.5. The molecule has 1 aliphatic rings. The Morgan fingerprint density at radius 1 is 1.00 bits per heavy atom. The smallest absolute Gasteiger partial charge is 0.260 e. The minimum Gasteiger partial charge on any atom is -0.496 e. The lowest BCUT2D eigenvalue weighted by atomic mass is 10.1. The molecule has 0 fully saturated rings. The molecule has 2 rings (SSSR count). The number of nitrogens with zero attached hydrogens (tertiary/aromatic N) is 1. The Morgan fingerprint density at radius 2 is 1.63 bits per heavy atom. The molecular formula is C12H15N3O4. The van der Waals surface area contributed by atoms with E-state index in [1.807, 2.05) is 0 Å². The van der Waals surface area contributed by atoms with Gasteiger partial charge in [-0.25, -0.2) is 0 Å². The number of nitrogens with one attached hydrogen (secondary N) is 2. The van der Waals surface area contributed by atoms with Gasteiger partial charge in [0.25, 0.3) is 5.91 Å². The summed E-state index contributed by atoms with van der Waals surface area (Å²) in [6.45, 7) is 0.0693. The number of hydrazine groups is 1. The number of hydrogen-bond acceptors (Lipinski definition) is 6. The van der Waals surface area contributed by atoms with Gasteiger partial charge in [0.2, 0.25) is 0 Å². The van der Waals surface area contributed by atoms with Crippen molar-refractivity contribution in [2.45, 2.75) is 0 Å². The van der Waals surface area contributed by atoms with Gasteiger partial charge in [-0.05, 0) is 6.07 Å². The third-order valence-corrected chi connectivity index (χ3v) is 2.66. The maximum atomic E-state index is 11.1. The van der Waals surface area contributed by atoms with Gasteiger partial charge in [-0.15, -0.1) is 0 Å². The zero-order valence-corrected chi connectivity index (χ0v) is 10.9. The number of aliphatic imine (C=N–C) groups is 1. The number of amidine groups is 1. The van der Waals surface area contributed by atoms with Crippen LogP contribution in [-0.2, 0) is 4.79 Å². The van der Waals surface area contributed by atoms with E-state index in [1.54, 1.807) is 33.5 Å². The second-order valence-electron chi connectivity index (χ2n) is 3.75. The van der Waals surface area contributed by atoms with E-state index in [2.05, 4.69) is 15.8 Å². The molecule has 0 radical (unpaired) electrons. The first-order valence-electron chi connectivity index (χ1n) is 5.59. The molecule has 1 aromatic rings. The number of amides is 1. The van der Waals surface area contributed by atoms with Crippen LogP contribution in [0.1, 0.15) is 5.56 Å². The number of benzene rings is 1. The van der Waals surface area contributed by atoms with Gasteiger partial charge in [0.05, 0.1) is 26.9 Å². The quantitative estimate of drug-likeness (QED) is 0.806. The molecule has 0 unspecified atom stereocenters. The fourth-order valence-electron chi connectivity index (χ4n) is 1.73. The fraction of sp³-hybridized carbons (Fsp3) is 0.333. The highest BCUT2D eigenvalue weighted by Gasteiger charge is 2.19. The summed E-state index contributed by atoms with van der Waals surface area (Å²) in [6.07, 6.45) is 0. The minimum absolute atomic E-state index is 0.0693. The number of ether oxygens (including phenoxy) is 3. The van der Waals surface area contributed by atoms with Crippen molar-refractivity contribution in [1.82, 2.24) is 10.9 Å². The maximum absolute atomic E-state index is 11.1. The van der Waals surface area contributed by atoms with Crippen LogP contribution in [0, 0.1) is 0 Å². The summed E-state index contributed by atoms with van der Waals surface area (Å²) >= 11 is 0. The Bertz CT molecular complexity index is 528. The molecular weight excluding hydrogens is 250 g/mol. The van der Waals surface area contributed by atoms with Crippen molar-refractivity contribution >= 4 is 11.7 Å².